The van der Waals surface area contributed by atoms with Gasteiger partial charge in [0.25, 0.3) is 5.56 Å². The summed E-state index contributed by atoms with van der Waals surface area (Å²) in [7, 11) is 0. The molecule has 0 saturated heterocycles. The Morgan fingerprint density at radius 3 is 2.41 bits per heavy atom. The lowest BCUT2D eigenvalue weighted by atomic mass is 9.83. The van der Waals surface area contributed by atoms with E-state index in [2.05, 4.69) is 36.4 Å². The predicted octanol–water partition coefficient (Wildman–Crippen LogP) is 5.90. The second-order valence-corrected chi connectivity index (χ2v) is 10.8. The fraction of sp³-hybridized carbons (Fsp3) is 0.118. The molecule has 0 unspecified atom stereocenters. The molecule has 39 heavy (non-hydrogen) atoms. The summed E-state index contributed by atoms with van der Waals surface area (Å²) in [6, 6.07) is 36.7. The van der Waals surface area contributed by atoms with Gasteiger partial charge in [-0.15, -0.1) is 0 Å². The number of hydrogen-bond donors (Lipinski definition) is 0. The summed E-state index contributed by atoms with van der Waals surface area (Å²) in [6.45, 7) is 0.465. The molecule has 0 bridgehead atoms. The number of benzene rings is 4. The van der Waals surface area contributed by atoms with Crippen molar-refractivity contribution in [1.29, 1.82) is 0 Å². The van der Waals surface area contributed by atoms with Crippen molar-refractivity contribution in [1.82, 2.24) is 4.57 Å². The molecule has 1 aromatic heterocycles. The number of fused-ring (bicyclic) bond motifs is 3. The van der Waals surface area contributed by atoms with E-state index in [0.29, 0.717) is 11.1 Å². The topological polar surface area (TPSA) is 43.6 Å². The maximum absolute atomic E-state index is 14.0. The number of ether oxygens (including phenoxy) is 1. The van der Waals surface area contributed by atoms with E-state index < -0.39 is 0 Å². The lowest BCUT2D eigenvalue weighted by molar-refractivity contribution is 0.305. The average Bonchev–Trinajstić information content (AvgIpc) is 3.30. The van der Waals surface area contributed by atoms with Gasteiger partial charge in [0, 0.05) is 11.1 Å². The highest BCUT2D eigenvalue weighted by atomic mass is 32.1. The van der Waals surface area contributed by atoms with Crippen LogP contribution in [0.2, 0.25) is 0 Å². The van der Waals surface area contributed by atoms with E-state index in [1.165, 1.54) is 28.0 Å². The van der Waals surface area contributed by atoms with Crippen LogP contribution in [0.25, 0.3) is 11.8 Å². The van der Waals surface area contributed by atoms with Crippen LogP contribution in [0.1, 0.15) is 40.3 Å². The van der Waals surface area contributed by atoms with Crippen LogP contribution < -0.4 is 19.6 Å². The molecule has 5 aromatic rings. The summed E-state index contributed by atoms with van der Waals surface area (Å²) < 4.78 is 8.72. The van der Waals surface area contributed by atoms with Gasteiger partial charge in [-0.25, -0.2) is 4.99 Å². The van der Waals surface area contributed by atoms with E-state index in [0.717, 1.165) is 45.8 Å². The lowest BCUT2D eigenvalue weighted by Crippen LogP contribution is -2.38. The van der Waals surface area contributed by atoms with Gasteiger partial charge < -0.3 is 4.74 Å². The zero-order valence-electron chi connectivity index (χ0n) is 21.3. The molecule has 0 N–H and O–H groups in total. The Morgan fingerprint density at radius 1 is 0.846 bits per heavy atom. The number of nitrogens with zero attached hydrogens (tertiary/aromatic N) is 2. The van der Waals surface area contributed by atoms with Gasteiger partial charge in [0.1, 0.15) is 12.4 Å². The third-order valence-corrected chi connectivity index (χ3v) is 8.41. The molecular weight excluding hydrogens is 500 g/mol. The molecule has 1 atom stereocenters. The van der Waals surface area contributed by atoms with Crippen molar-refractivity contribution >= 4 is 23.1 Å². The van der Waals surface area contributed by atoms with Gasteiger partial charge in [-0.05, 0) is 47.2 Å². The summed E-state index contributed by atoms with van der Waals surface area (Å²) in [6.07, 6.45) is 3.78. The first kappa shape index (κ1) is 23.6. The Bertz CT molecular complexity index is 1890. The zero-order chi connectivity index (χ0) is 26.2. The maximum atomic E-state index is 14.0. The van der Waals surface area contributed by atoms with Gasteiger partial charge in [-0.2, -0.15) is 0 Å². The third kappa shape index (κ3) is 4.35. The fourth-order valence-electron chi connectivity index (χ4n) is 5.57. The van der Waals surface area contributed by atoms with E-state index in [4.69, 9.17) is 9.73 Å². The molecule has 1 aliphatic heterocycles. The highest BCUT2D eigenvalue weighted by Gasteiger charge is 2.32. The van der Waals surface area contributed by atoms with E-state index in [1.807, 2.05) is 83.4 Å². The minimum atomic E-state index is -0.169. The second kappa shape index (κ2) is 10.0. The summed E-state index contributed by atoms with van der Waals surface area (Å²) >= 11 is 1.45. The van der Waals surface area contributed by atoms with Crippen molar-refractivity contribution in [3.8, 4) is 5.75 Å². The van der Waals surface area contributed by atoms with Crippen LogP contribution in [-0.2, 0) is 13.0 Å². The Balaban J connectivity index is 1.37. The van der Waals surface area contributed by atoms with Crippen LogP contribution in [0, 0.1) is 0 Å². The lowest BCUT2D eigenvalue weighted by Gasteiger charge is -2.30. The van der Waals surface area contributed by atoms with Crippen LogP contribution in [0.4, 0.5) is 0 Å². The number of para-hydroxylation sites is 1. The van der Waals surface area contributed by atoms with Crippen molar-refractivity contribution in [3.63, 3.8) is 0 Å². The summed E-state index contributed by atoms with van der Waals surface area (Å²) in [5.74, 6) is 0.750. The van der Waals surface area contributed by atoms with Crippen molar-refractivity contribution in [2.45, 2.75) is 25.5 Å². The van der Waals surface area contributed by atoms with Crippen molar-refractivity contribution in [2.75, 3.05) is 0 Å². The minimum Gasteiger partial charge on any atom is -0.488 e. The van der Waals surface area contributed by atoms with Crippen LogP contribution in [-0.4, -0.2) is 4.57 Å². The molecule has 5 heteroatoms. The minimum absolute atomic E-state index is 0.0177. The molecule has 4 nitrogen and oxygen atoms in total. The molecule has 7 rings (SSSR count). The Labute approximate surface area is 230 Å². The fourth-order valence-corrected chi connectivity index (χ4v) is 6.56. The van der Waals surface area contributed by atoms with Gasteiger partial charge in [0.15, 0.2) is 4.80 Å². The summed E-state index contributed by atoms with van der Waals surface area (Å²) in [4.78, 5) is 19.9. The number of rotatable bonds is 5. The number of allylic oxidation sites excluding steroid dienone is 1. The molecule has 2 aliphatic rings. The maximum Gasteiger partial charge on any atom is 0.271 e. The number of hydrogen-bond acceptors (Lipinski definition) is 4. The SMILES string of the molecule is O=c1/c(=C/c2ccccc2OCc2ccccc2)sc2n1[C@H](c1ccccc1)C1=C(N=2)c2ccccc2CC1. The molecule has 190 valence electrons. The number of aryl methyl sites for hydroxylation is 1. The molecule has 0 radical (unpaired) electrons. The van der Waals surface area contributed by atoms with Crippen molar-refractivity contribution in [2.24, 2.45) is 4.99 Å². The molecule has 0 saturated carbocycles. The molecule has 2 heterocycles. The molecule has 4 aromatic carbocycles. The van der Waals surface area contributed by atoms with Gasteiger partial charge >= 0.3 is 0 Å². The Kier molecular flexibility index (Phi) is 6.06. The van der Waals surface area contributed by atoms with Gasteiger partial charge in [-0.3, -0.25) is 9.36 Å². The van der Waals surface area contributed by atoms with Gasteiger partial charge in [0.2, 0.25) is 0 Å². The van der Waals surface area contributed by atoms with Crippen molar-refractivity contribution in [3.05, 3.63) is 162 Å². The highest BCUT2D eigenvalue weighted by Crippen LogP contribution is 2.41. The van der Waals surface area contributed by atoms with Crippen LogP contribution in [0.15, 0.2) is 125 Å². The van der Waals surface area contributed by atoms with E-state index in [-0.39, 0.29) is 11.6 Å². The molecular formula is C34H26N2O2S. The second-order valence-electron chi connectivity index (χ2n) is 9.84. The number of aromatic nitrogens is 1. The quantitative estimate of drug-likeness (QED) is 0.286. The summed E-state index contributed by atoms with van der Waals surface area (Å²) in [5.41, 5.74) is 7.79. The third-order valence-electron chi connectivity index (χ3n) is 7.43. The molecule has 0 spiro atoms. The van der Waals surface area contributed by atoms with Gasteiger partial charge in [-0.1, -0.05) is 114 Å². The Morgan fingerprint density at radius 2 is 1.56 bits per heavy atom. The normalized spacial score (nSPS) is 16.2. The van der Waals surface area contributed by atoms with E-state index in [9.17, 15) is 4.79 Å². The first-order valence-corrected chi connectivity index (χ1v) is 14.0. The monoisotopic (exact) mass is 526 g/mol. The van der Waals surface area contributed by atoms with Crippen LogP contribution in [0.3, 0.4) is 0 Å². The Hall–Kier alpha value is -4.48. The molecule has 0 fully saturated rings. The van der Waals surface area contributed by atoms with E-state index >= 15 is 0 Å². The van der Waals surface area contributed by atoms with Gasteiger partial charge in [0.05, 0.1) is 16.3 Å². The van der Waals surface area contributed by atoms with E-state index in [1.54, 1.807) is 0 Å². The van der Waals surface area contributed by atoms with Crippen molar-refractivity contribution < 1.29 is 4.74 Å². The predicted molar refractivity (Wildman–Crippen MR) is 156 cm³/mol. The molecule has 0 amide bonds. The first-order chi connectivity index (χ1) is 19.3. The zero-order valence-corrected chi connectivity index (χ0v) is 22.1. The standard InChI is InChI=1S/C34H26N2O2S/c37-33-30(21-26-16-8-10-18-29(26)38-22-23-11-3-1-4-12-23)39-34-35-31-27-17-9-7-13-24(27)19-20-28(31)32(36(33)34)25-14-5-2-6-15-25/h1-18,21,32H,19-20,22H2/b30-21-/t32-/m1/s1. The smallest absolute Gasteiger partial charge is 0.271 e. The largest absolute Gasteiger partial charge is 0.488 e. The summed E-state index contributed by atoms with van der Waals surface area (Å²) in [5, 5.41) is 0. The highest BCUT2D eigenvalue weighted by molar-refractivity contribution is 7.07. The number of thiazole rings is 1. The van der Waals surface area contributed by atoms with Crippen LogP contribution in [0.5, 0.6) is 5.75 Å². The first-order valence-electron chi connectivity index (χ1n) is 13.2. The average molecular weight is 527 g/mol. The molecule has 1 aliphatic carbocycles. The van der Waals surface area contributed by atoms with Crippen LogP contribution >= 0.6 is 11.3 Å².